The molecule has 0 aromatic heterocycles. The number of nitrogens with one attached hydrogen (secondary N) is 1. The number of likely N-dealkylation sites (tertiary alicyclic amines) is 1. The van der Waals surface area contributed by atoms with Gasteiger partial charge in [-0.25, -0.2) is 8.42 Å². The minimum atomic E-state index is -3.90. The highest BCUT2D eigenvalue weighted by Crippen LogP contribution is 2.24. The number of hydrogen-bond acceptors (Lipinski definition) is 5. The van der Waals surface area contributed by atoms with Crippen molar-refractivity contribution in [3.63, 3.8) is 0 Å². The maximum absolute atomic E-state index is 12.6. The summed E-state index contributed by atoms with van der Waals surface area (Å²) in [6, 6.07) is 4.64. The number of piperidine rings is 1. The lowest BCUT2D eigenvalue weighted by Crippen LogP contribution is -2.48. The molecule has 2 heterocycles. The first kappa shape index (κ1) is 19.5. The number of benzene rings is 1. The molecule has 3 amide bonds. The van der Waals surface area contributed by atoms with Gasteiger partial charge in [0.2, 0.25) is 27.7 Å². The molecule has 3 rings (SSSR count). The van der Waals surface area contributed by atoms with E-state index in [9.17, 15) is 22.8 Å². The summed E-state index contributed by atoms with van der Waals surface area (Å²) in [4.78, 5) is 38.7. The van der Waals surface area contributed by atoms with Gasteiger partial charge in [-0.15, -0.1) is 0 Å². The van der Waals surface area contributed by atoms with Crippen molar-refractivity contribution in [2.24, 2.45) is 0 Å². The van der Waals surface area contributed by atoms with Crippen LogP contribution in [0.4, 0.5) is 5.69 Å². The van der Waals surface area contributed by atoms with Gasteiger partial charge in [0.05, 0.1) is 16.6 Å². The van der Waals surface area contributed by atoms with Crippen molar-refractivity contribution >= 4 is 33.4 Å². The molecular formula is C18H23N3O5S. The second-order valence-electron chi connectivity index (χ2n) is 6.85. The number of hydrogen-bond donors (Lipinski definition) is 1. The summed E-state index contributed by atoms with van der Waals surface area (Å²) in [5.41, 5.74) is 0.346. The molecule has 0 bridgehead atoms. The predicted octanol–water partition coefficient (Wildman–Crippen LogP) is 1.02. The van der Waals surface area contributed by atoms with E-state index in [0.717, 1.165) is 24.2 Å². The number of carbonyl (C=O) groups excluding carboxylic acids is 3. The maximum Gasteiger partial charge on any atom is 0.241 e. The Kier molecular flexibility index (Phi) is 5.61. The van der Waals surface area contributed by atoms with Gasteiger partial charge in [0.1, 0.15) is 0 Å². The second kappa shape index (κ2) is 7.77. The highest BCUT2D eigenvalue weighted by Gasteiger charge is 2.31. The molecule has 146 valence electrons. The molecule has 2 saturated heterocycles. The summed E-state index contributed by atoms with van der Waals surface area (Å²) in [5.74, 6) is -0.827. The van der Waals surface area contributed by atoms with Crippen molar-refractivity contribution in [1.29, 1.82) is 0 Å². The fraction of sp³-hybridized carbons (Fsp3) is 0.500. The van der Waals surface area contributed by atoms with Crippen LogP contribution in [0.2, 0.25) is 0 Å². The summed E-state index contributed by atoms with van der Waals surface area (Å²) in [6.45, 7) is 2.83. The SMILES string of the molecule is C[C@@H](NS(=O)(=O)c1ccc(N2C(=O)CCC2=O)cc1)C(=O)N1CCCCC1. The number of amides is 3. The van der Waals surface area contributed by atoms with Crippen molar-refractivity contribution in [3.8, 4) is 0 Å². The Morgan fingerprint density at radius 2 is 1.56 bits per heavy atom. The van der Waals surface area contributed by atoms with Crippen molar-refractivity contribution in [3.05, 3.63) is 24.3 Å². The average Bonchev–Trinajstić information content (AvgIpc) is 3.00. The first-order valence-corrected chi connectivity index (χ1v) is 10.5. The fourth-order valence-electron chi connectivity index (χ4n) is 3.38. The van der Waals surface area contributed by atoms with E-state index < -0.39 is 16.1 Å². The lowest BCUT2D eigenvalue weighted by Gasteiger charge is -2.29. The molecule has 1 N–H and O–H groups in total. The third-order valence-electron chi connectivity index (χ3n) is 4.83. The highest BCUT2D eigenvalue weighted by molar-refractivity contribution is 7.89. The third-order valence-corrected chi connectivity index (χ3v) is 6.38. The Morgan fingerprint density at radius 1 is 1.00 bits per heavy atom. The largest absolute Gasteiger partial charge is 0.341 e. The summed E-state index contributed by atoms with van der Waals surface area (Å²) >= 11 is 0. The lowest BCUT2D eigenvalue weighted by molar-refractivity contribution is -0.133. The van der Waals surface area contributed by atoms with Crippen LogP contribution in [0.3, 0.4) is 0 Å². The van der Waals surface area contributed by atoms with E-state index >= 15 is 0 Å². The Morgan fingerprint density at radius 3 is 2.11 bits per heavy atom. The van der Waals surface area contributed by atoms with Crippen LogP contribution in [-0.2, 0) is 24.4 Å². The monoisotopic (exact) mass is 393 g/mol. The number of carbonyl (C=O) groups is 3. The number of imide groups is 1. The summed E-state index contributed by atoms with van der Waals surface area (Å²) in [6.07, 6.45) is 3.27. The average molecular weight is 393 g/mol. The number of rotatable bonds is 5. The van der Waals surface area contributed by atoms with Crippen molar-refractivity contribution in [1.82, 2.24) is 9.62 Å². The Hall–Kier alpha value is -2.26. The minimum Gasteiger partial charge on any atom is -0.341 e. The fourth-order valence-corrected chi connectivity index (χ4v) is 4.57. The standard InChI is InChI=1S/C18H23N3O5S/c1-13(18(24)20-11-3-2-4-12-20)19-27(25,26)15-7-5-14(6-8-15)21-16(22)9-10-17(21)23/h5-8,13,19H,2-4,9-12H2,1H3/t13-/m1/s1. The van der Waals surface area contributed by atoms with Gasteiger partial charge in [-0.3, -0.25) is 19.3 Å². The molecule has 9 heteroatoms. The molecule has 0 unspecified atom stereocenters. The molecule has 0 aliphatic carbocycles. The molecule has 27 heavy (non-hydrogen) atoms. The van der Waals surface area contributed by atoms with E-state index in [1.807, 2.05) is 0 Å². The Bertz CT molecular complexity index is 828. The lowest BCUT2D eigenvalue weighted by atomic mass is 10.1. The van der Waals surface area contributed by atoms with Gasteiger partial charge in [0.15, 0.2) is 0 Å². The van der Waals surface area contributed by atoms with E-state index in [-0.39, 0.29) is 35.5 Å². The van der Waals surface area contributed by atoms with E-state index in [0.29, 0.717) is 18.8 Å². The van der Waals surface area contributed by atoms with Gasteiger partial charge < -0.3 is 4.90 Å². The first-order valence-electron chi connectivity index (χ1n) is 9.06. The molecule has 2 aliphatic rings. The van der Waals surface area contributed by atoms with Crippen LogP contribution < -0.4 is 9.62 Å². The van der Waals surface area contributed by atoms with Crippen LogP contribution in [0.15, 0.2) is 29.2 Å². The summed E-state index contributed by atoms with van der Waals surface area (Å²) in [7, 11) is -3.90. The first-order chi connectivity index (χ1) is 12.8. The predicted molar refractivity (Wildman–Crippen MR) is 98.4 cm³/mol. The zero-order valence-corrected chi connectivity index (χ0v) is 16.0. The molecule has 1 aromatic carbocycles. The quantitative estimate of drug-likeness (QED) is 0.752. The molecule has 0 spiro atoms. The highest BCUT2D eigenvalue weighted by atomic mass is 32.2. The van der Waals surface area contributed by atoms with E-state index in [1.165, 1.54) is 31.2 Å². The van der Waals surface area contributed by atoms with Gasteiger partial charge in [-0.1, -0.05) is 0 Å². The smallest absolute Gasteiger partial charge is 0.241 e. The molecule has 0 radical (unpaired) electrons. The Balaban J connectivity index is 1.70. The zero-order chi connectivity index (χ0) is 19.6. The van der Waals surface area contributed by atoms with E-state index in [2.05, 4.69) is 4.72 Å². The number of anilines is 1. The molecule has 8 nitrogen and oxygen atoms in total. The van der Waals surface area contributed by atoms with Crippen molar-refractivity contribution < 1.29 is 22.8 Å². The number of nitrogens with zero attached hydrogens (tertiary/aromatic N) is 2. The summed E-state index contributed by atoms with van der Waals surface area (Å²) < 4.78 is 27.5. The molecule has 1 aromatic rings. The molecule has 2 fully saturated rings. The van der Waals surface area contributed by atoms with Gasteiger partial charge in [-0.2, -0.15) is 4.72 Å². The molecular weight excluding hydrogens is 370 g/mol. The minimum absolute atomic E-state index is 0.0244. The van der Waals surface area contributed by atoms with Crippen molar-refractivity contribution in [2.45, 2.75) is 50.0 Å². The molecule has 1 atom stereocenters. The van der Waals surface area contributed by atoms with Crippen LogP contribution in [-0.4, -0.2) is 50.2 Å². The normalized spacial score (nSPS) is 19.4. The number of sulfonamides is 1. The maximum atomic E-state index is 12.6. The zero-order valence-electron chi connectivity index (χ0n) is 15.2. The van der Waals surface area contributed by atoms with E-state index in [1.54, 1.807) is 4.90 Å². The van der Waals surface area contributed by atoms with Crippen LogP contribution >= 0.6 is 0 Å². The topological polar surface area (TPSA) is 104 Å². The molecule has 2 aliphatic heterocycles. The van der Waals surface area contributed by atoms with Gasteiger partial charge in [0, 0.05) is 25.9 Å². The van der Waals surface area contributed by atoms with E-state index in [4.69, 9.17) is 0 Å². The van der Waals surface area contributed by atoms with Gasteiger partial charge >= 0.3 is 0 Å². The summed E-state index contributed by atoms with van der Waals surface area (Å²) in [5, 5.41) is 0. The van der Waals surface area contributed by atoms with Crippen LogP contribution in [0.25, 0.3) is 0 Å². The van der Waals surface area contributed by atoms with Gasteiger partial charge in [0.25, 0.3) is 0 Å². The Labute approximate surface area is 158 Å². The van der Waals surface area contributed by atoms with Gasteiger partial charge in [-0.05, 0) is 50.5 Å². The van der Waals surface area contributed by atoms with Crippen molar-refractivity contribution in [2.75, 3.05) is 18.0 Å². The second-order valence-corrected chi connectivity index (χ2v) is 8.56. The van der Waals surface area contributed by atoms with Crippen LogP contribution in [0.5, 0.6) is 0 Å². The molecule has 0 saturated carbocycles. The van der Waals surface area contributed by atoms with Crippen LogP contribution in [0, 0.1) is 0 Å². The third kappa shape index (κ3) is 4.19. The van der Waals surface area contributed by atoms with Crippen LogP contribution in [0.1, 0.15) is 39.0 Å².